The van der Waals surface area contributed by atoms with Crippen LogP contribution in [0, 0.1) is 22.7 Å². The van der Waals surface area contributed by atoms with E-state index < -0.39 is 29.0 Å². The maximum absolute atomic E-state index is 13.2. The normalized spacial score (nSPS) is 28.9. The van der Waals surface area contributed by atoms with Crippen molar-refractivity contribution in [2.24, 2.45) is 11.3 Å². The van der Waals surface area contributed by atoms with E-state index in [1.54, 1.807) is 6.07 Å². The van der Waals surface area contributed by atoms with Gasteiger partial charge in [0.2, 0.25) is 0 Å². The monoisotopic (exact) mass is 324 g/mol. The number of hydrogen-bond acceptors (Lipinski definition) is 2. The fourth-order valence-electron chi connectivity index (χ4n) is 2.56. The van der Waals surface area contributed by atoms with Crippen LogP contribution in [0.5, 0.6) is 0 Å². The van der Waals surface area contributed by atoms with E-state index in [2.05, 4.69) is 4.72 Å². The molecule has 0 aliphatic heterocycles. The molecule has 3 nitrogen and oxygen atoms in total. The Kier molecular flexibility index (Phi) is 5.84. The van der Waals surface area contributed by atoms with Crippen molar-refractivity contribution in [2.75, 3.05) is 6.54 Å². The molecular weight excluding hydrogens is 301 g/mol. The summed E-state index contributed by atoms with van der Waals surface area (Å²) < 4.78 is 53.9. The van der Waals surface area contributed by atoms with Crippen LogP contribution in [-0.4, -0.2) is 21.7 Å². The predicted octanol–water partition coefficient (Wildman–Crippen LogP) is 3.69. The van der Waals surface area contributed by atoms with Crippen LogP contribution in [0.15, 0.2) is 0 Å². The van der Waals surface area contributed by atoms with Gasteiger partial charge < -0.3 is 0 Å². The van der Waals surface area contributed by atoms with Crippen molar-refractivity contribution in [3.63, 3.8) is 0 Å². The third kappa shape index (κ3) is 4.68. The minimum absolute atomic E-state index is 0.0153. The topological polar surface area (TPSA) is 52.9 Å². The average Bonchev–Trinajstić information content (AvgIpc) is 2.35. The lowest BCUT2D eigenvalue weighted by Crippen LogP contribution is -2.43. The van der Waals surface area contributed by atoms with Crippen molar-refractivity contribution < 1.29 is 17.4 Å². The molecule has 1 rings (SSSR count). The van der Waals surface area contributed by atoms with Gasteiger partial charge >= 0.3 is 6.18 Å². The summed E-state index contributed by atoms with van der Waals surface area (Å²) in [5, 5.41) is 8.68. The molecule has 0 bridgehead atoms. The molecule has 1 saturated carbocycles. The molecule has 0 aromatic rings. The van der Waals surface area contributed by atoms with Crippen molar-refractivity contribution in [1.82, 2.24) is 4.72 Å². The van der Waals surface area contributed by atoms with E-state index in [1.807, 2.05) is 20.8 Å². The second-order valence-corrected chi connectivity index (χ2v) is 8.84. The lowest BCUT2D eigenvalue weighted by Gasteiger charge is -2.40. The van der Waals surface area contributed by atoms with E-state index >= 15 is 0 Å². The Morgan fingerprint density at radius 3 is 2.19 bits per heavy atom. The second-order valence-electron chi connectivity index (χ2n) is 6.79. The van der Waals surface area contributed by atoms with Gasteiger partial charge in [-0.2, -0.15) is 18.4 Å². The number of nitriles is 1. The van der Waals surface area contributed by atoms with Crippen molar-refractivity contribution in [1.29, 1.82) is 5.26 Å². The zero-order valence-corrected chi connectivity index (χ0v) is 13.5. The summed E-state index contributed by atoms with van der Waals surface area (Å²) in [5.74, 6) is 0.0884. The largest absolute Gasteiger partial charge is 0.395 e. The van der Waals surface area contributed by atoms with Crippen molar-refractivity contribution in [2.45, 2.75) is 63.8 Å². The number of halogens is 3. The molecular formula is C14H23F3N2OS. The molecule has 1 aliphatic carbocycles. The summed E-state index contributed by atoms with van der Waals surface area (Å²) in [4.78, 5) is 0. The molecule has 0 saturated heterocycles. The summed E-state index contributed by atoms with van der Waals surface area (Å²) >= 11 is 0. The van der Waals surface area contributed by atoms with Crippen LogP contribution in [-0.2, 0) is 11.0 Å². The minimum Gasteiger partial charge on any atom is -0.242 e. The van der Waals surface area contributed by atoms with Gasteiger partial charge in [-0.15, -0.1) is 0 Å². The van der Waals surface area contributed by atoms with Gasteiger partial charge in [-0.1, -0.05) is 0 Å². The van der Waals surface area contributed by atoms with Gasteiger partial charge in [-0.05, 0) is 52.4 Å². The molecule has 0 radical (unpaired) electrons. The number of nitrogens with zero attached hydrogens (tertiary/aromatic N) is 1. The molecule has 1 fully saturated rings. The molecule has 0 aromatic heterocycles. The Hall–Kier alpha value is -0.610. The van der Waals surface area contributed by atoms with Gasteiger partial charge in [-0.25, -0.2) is 8.93 Å². The Morgan fingerprint density at radius 2 is 1.81 bits per heavy atom. The van der Waals surface area contributed by atoms with Crippen LogP contribution in [0.3, 0.4) is 0 Å². The first-order chi connectivity index (χ1) is 9.52. The van der Waals surface area contributed by atoms with E-state index in [9.17, 15) is 17.4 Å². The third-order valence-electron chi connectivity index (χ3n) is 4.14. The first-order valence-electron chi connectivity index (χ1n) is 7.11. The van der Waals surface area contributed by atoms with Crippen molar-refractivity contribution in [3.05, 3.63) is 0 Å². The molecule has 0 amide bonds. The van der Waals surface area contributed by atoms with E-state index in [4.69, 9.17) is 5.26 Å². The van der Waals surface area contributed by atoms with E-state index in [-0.39, 0.29) is 23.5 Å². The molecule has 7 heteroatoms. The van der Waals surface area contributed by atoms with Crippen molar-refractivity contribution >= 4 is 11.0 Å². The van der Waals surface area contributed by atoms with E-state index in [1.165, 1.54) is 0 Å². The Balaban J connectivity index is 2.55. The summed E-state index contributed by atoms with van der Waals surface area (Å²) in [6.07, 6.45) is -4.00. The summed E-state index contributed by atoms with van der Waals surface area (Å²) in [6.45, 7) is 6.00. The van der Waals surface area contributed by atoms with Crippen LogP contribution in [0.25, 0.3) is 0 Å². The fourth-order valence-corrected chi connectivity index (χ4v) is 3.38. The van der Waals surface area contributed by atoms with Crippen LogP contribution < -0.4 is 4.72 Å². The van der Waals surface area contributed by atoms with Gasteiger partial charge in [0.25, 0.3) is 0 Å². The quantitative estimate of drug-likeness (QED) is 0.857. The standard InChI is InChI=1S/C14H23F3N2OS/c1-12(2,3)21(20)19-10-11-4-6-13(7-5-11,8-9-18)14(15,16)17/h11,19H,4-8,10H2,1-3H3. The lowest BCUT2D eigenvalue weighted by atomic mass is 9.68. The number of rotatable bonds is 4. The summed E-state index contributed by atoms with van der Waals surface area (Å²) in [5.41, 5.74) is -1.85. The zero-order chi connectivity index (χ0) is 16.3. The van der Waals surface area contributed by atoms with Gasteiger partial charge in [0, 0.05) is 13.0 Å². The second kappa shape index (κ2) is 6.66. The number of alkyl halides is 3. The number of hydrogen-bond donors (Lipinski definition) is 1. The van der Waals surface area contributed by atoms with Crippen LogP contribution >= 0.6 is 0 Å². The highest BCUT2D eigenvalue weighted by molar-refractivity contribution is 7.84. The Bertz CT molecular complexity index is 415. The minimum atomic E-state index is -4.32. The van der Waals surface area contributed by atoms with Gasteiger partial charge in [0.15, 0.2) is 0 Å². The molecule has 1 unspecified atom stereocenters. The zero-order valence-electron chi connectivity index (χ0n) is 12.7. The van der Waals surface area contributed by atoms with Gasteiger partial charge in [0.05, 0.1) is 27.2 Å². The van der Waals surface area contributed by atoms with Crippen LogP contribution in [0.4, 0.5) is 13.2 Å². The smallest absolute Gasteiger partial charge is 0.242 e. The highest BCUT2D eigenvalue weighted by Gasteiger charge is 2.55. The highest BCUT2D eigenvalue weighted by atomic mass is 32.2. The van der Waals surface area contributed by atoms with Crippen LogP contribution in [0.2, 0.25) is 0 Å². The average molecular weight is 324 g/mol. The Labute approximate surface area is 126 Å². The molecule has 0 aromatic carbocycles. The summed E-state index contributed by atoms with van der Waals surface area (Å²) in [6, 6.07) is 1.69. The molecule has 21 heavy (non-hydrogen) atoms. The highest BCUT2D eigenvalue weighted by Crippen LogP contribution is 2.52. The van der Waals surface area contributed by atoms with E-state index in [0.717, 1.165) is 0 Å². The fraction of sp³-hybridized carbons (Fsp3) is 0.929. The molecule has 0 spiro atoms. The Morgan fingerprint density at radius 1 is 1.29 bits per heavy atom. The predicted molar refractivity (Wildman–Crippen MR) is 76.6 cm³/mol. The maximum Gasteiger partial charge on any atom is 0.395 e. The first-order valence-corrected chi connectivity index (χ1v) is 8.26. The molecule has 122 valence electrons. The van der Waals surface area contributed by atoms with Crippen LogP contribution in [0.1, 0.15) is 52.9 Å². The molecule has 1 atom stereocenters. The number of nitrogens with one attached hydrogen (secondary N) is 1. The van der Waals surface area contributed by atoms with Gasteiger partial charge in [0.1, 0.15) is 0 Å². The molecule has 1 aliphatic rings. The lowest BCUT2D eigenvalue weighted by molar-refractivity contribution is -0.235. The first kappa shape index (κ1) is 18.4. The SMILES string of the molecule is CC(C)(C)S(=O)NCC1CCC(CC#N)(C(F)(F)F)CC1. The van der Waals surface area contributed by atoms with E-state index in [0.29, 0.717) is 19.4 Å². The summed E-state index contributed by atoms with van der Waals surface area (Å²) in [7, 11) is -1.20. The molecule has 0 heterocycles. The van der Waals surface area contributed by atoms with Crippen molar-refractivity contribution in [3.8, 4) is 6.07 Å². The molecule has 1 N–H and O–H groups in total. The maximum atomic E-state index is 13.2. The van der Waals surface area contributed by atoms with Gasteiger partial charge in [-0.3, -0.25) is 0 Å². The third-order valence-corrected chi connectivity index (χ3v) is 5.68.